The van der Waals surface area contributed by atoms with Crippen LogP contribution in [0.1, 0.15) is 18.5 Å². The molecule has 2 aromatic rings. The normalized spacial score (nSPS) is 16.9. The Morgan fingerprint density at radius 3 is 2.82 bits per heavy atom. The minimum atomic E-state index is 0.135. The number of hydrogen-bond donors (Lipinski definition) is 3. The van der Waals surface area contributed by atoms with Gasteiger partial charge in [0, 0.05) is 51.9 Å². The molecule has 0 unspecified atom stereocenters. The van der Waals surface area contributed by atoms with Gasteiger partial charge in [-0.15, -0.1) is 0 Å². The lowest BCUT2D eigenvalue weighted by atomic mass is 10.2. The van der Waals surface area contributed by atoms with Gasteiger partial charge in [0.25, 0.3) is 0 Å². The maximum Gasteiger partial charge on any atom is 0.223 e. The molecule has 0 atom stereocenters. The van der Waals surface area contributed by atoms with E-state index in [4.69, 9.17) is 9.84 Å². The second-order valence-corrected chi connectivity index (χ2v) is 7.78. The van der Waals surface area contributed by atoms with Gasteiger partial charge in [-0.3, -0.25) is 9.69 Å². The molecule has 1 amide bonds. The summed E-state index contributed by atoms with van der Waals surface area (Å²) < 4.78 is 5.76. The Balaban J connectivity index is 1.28. The van der Waals surface area contributed by atoms with Gasteiger partial charge in [-0.05, 0) is 24.6 Å². The molecule has 1 aromatic heterocycles. The van der Waals surface area contributed by atoms with E-state index in [2.05, 4.69) is 31.6 Å². The van der Waals surface area contributed by atoms with E-state index in [1.807, 2.05) is 29.2 Å². The number of nitrogens with one attached hydrogen (secondary N) is 2. The second kappa shape index (κ2) is 10.8. The van der Waals surface area contributed by atoms with Gasteiger partial charge in [-0.25, -0.2) is 9.97 Å². The lowest BCUT2D eigenvalue weighted by Crippen LogP contribution is -2.49. The lowest BCUT2D eigenvalue weighted by Gasteiger charge is -2.34. The van der Waals surface area contributed by atoms with E-state index >= 15 is 0 Å². The number of anilines is 2. The average Bonchev–Trinajstić information content (AvgIpc) is 3.27. The Morgan fingerprint density at radius 1 is 1.24 bits per heavy atom. The number of ether oxygens (including phenoxy) is 1. The number of nitriles is 1. The number of fused-ring (bicyclic) bond motifs is 1. The third-order valence-corrected chi connectivity index (χ3v) is 5.59. The molecule has 10 nitrogen and oxygen atoms in total. The van der Waals surface area contributed by atoms with Crippen molar-refractivity contribution in [3.63, 3.8) is 0 Å². The highest BCUT2D eigenvalue weighted by Gasteiger charge is 2.22. The van der Waals surface area contributed by atoms with Gasteiger partial charge in [0.15, 0.2) is 5.75 Å². The van der Waals surface area contributed by atoms with Crippen LogP contribution in [-0.4, -0.2) is 76.7 Å². The van der Waals surface area contributed by atoms with Crippen LogP contribution in [0, 0.1) is 11.3 Å². The highest BCUT2D eigenvalue weighted by molar-refractivity contribution is 5.81. The van der Waals surface area contributed by atoms with Crippen molar-refractivity contribution >= 4 is 23.1 Å². The van der Waals surface area contributed by atoms with E-state index in [9.17, 15) is 10.1 Å². The lowest BCUT2D eigenvalue weighted by molar-refractivity contribution is -0.133. The minimum Gasteiger partial charge on any atom is -0.437 e. The Hall–Kier alpha value is -3.68. The predicted octanol–water partition coefficient (Wildman–Crippen LogP) is 1.50. The van der Waals surface area contributed by atoms with Gasteiger partial charge in [-0.1, -0.05) is 12.1 Å². The summed E-state index contributed by atoms with van der Waals surface area (Å²) in [6.45, 7) is 4.33. The van der Waals surface area contributed by atoms with Crippen LogP contribution in [0.3, 0.4) is 0 Å². The van der Waals surface area contributed by atoms with E-state index < -0.39 is 0 Å². The van der Waals surface area contributed by atoms with Crippen molar-refractivity contribution < 1.29 is 14.6 Å². The second-order valence-electron chi connectivity index (χ2n) is 7.78. The molecule has 10 heteroatoms. The van der Waals surface area contributed by atoms with E-state index in [1.165, 1.54) is 0 Å². The minimum absolute atomic E-state index is 0.135. The molecule has 1 fully saturated rings. The first-order chi connectivity index (χ1) is 16.2. The Morgan fingerprint density at radius 2 is 2.06 bits per heavy atom. The standard InChI is InChI=1S/C23H27N7O3/c24-16-17(22-27-19-4-1-2-5-20(19)33-22)18-7-9-26-23(28-18)25-8-3-6-21(32)30-12-10-29(11-13-30)14-15-31/h1-2,4-5,7,9,27,31H,3,6,8,10-15H2,(H,25,26,28)/b22-17+. The molecule has 172 valence electrons. The number of aliphatic hydroxyl groups excluding tert-OH is 1. The largest absolute Gasteiger partial charge is 0.437 e. The van der Waals surface area contributed by atoms with Gasteiger partial charge in [-0.2, -0.15) is 5.26 Å². The van der Waals surface area contributed by atoms with Gasteiger partial charge >= 0.3 is 0 Å². The van der Waals surface area contributed by atoms with E-state index in [-0.39, 0.29) is 18.1 Å². The third-order valence-electron chi connectivity index (χ3n) is 5.59. The number of benzene rings is 1. The molecule has 1 aromatic carbocycles. The predicted molar refractivity (Wildman–Crippen MR) is 123 cm³/mol. The van der Waals surface area contributed by atoms with Crippen molar-refractivity contribution in [2.45, 2.75) is 12.8 Å². The van der Waals surface area contributed by atoms with E-state index in [0.717, 1.165) is 18.8 Å². The third kappa shape index (κ3) is 5.58. The first-order valence-electron chi connectivity index (χ1n) is 11.0. The number of piperazine rings is 1. The summed E-state index contributed by atoms with van der Waals surface area (Å²) in [7, 11) is 0. The first-order valence-corrected chi connectivity index (χ1v) is 11.0. The van der Waals surface area contributed by atoms with Crippen LogP contribution in [0.2, 0.25) is 0 Å². The number of para-hydroxylation sites is 2. The van der Waals surface area contributed by atoms with Crippen LogP contribution in [-0.2, 0) is 4.79 Å². The molecule has 3 heterocycles. The van der Waals surface area contributed by atoms with E-state index in [0.29, 0.717) is 62.3 Å². The molecule has 2 aliphatic heterocycles. The molecule has 0 saturated carbocycles. The Bertz CT molecular complexity index is 1030. The molecule has 0 aliphatic carbocycles. The smallest absolute Gasteiger partial charge is 0.223 e. The zero-order chi connectivity index (χ0) is 23.0. The summed E-state index contributed by atoms with van der Waals surface area (Å²) >= 11 is 0. The van der Waals surface area contributed by atoms with Crippen molar-refractivity contribution in [1.29, 1.82) is 5.26 Å². The summed E-state index contributed by atoms with van der Waals surface area (Å²) in [5, 5.41) is 24.9. The molecular formula is C23H27N7O3. The van der Waals surface area contributed by atoms with Gasteiger partial charge in [0.1, 0.15) is 11.6 Å². The summed E-state index contributed by atoms with van der Waals surface area (Å²) in [6, 6.07) is 11.3. The molecule has 33 heavy (non-hydrogen) atoms. The van der Waals surface area contributed by atoms with Crippen molar-refractivity contribution in [3.05, 3.63) is 48.1 Å². The van der Waals surface area contributed by atoms with Crippen LogP contribution in [0.5, 0.6) is 5.75 Å². The quantitative estimate of drug-likeness (QED) is 0.406. The number of amides is 1. The van der Waals surface area contributed by atoms with Crippen LogP contribution >= 0.6 is 0 Å². The number of allylic oxidation sites excluding steroid dienone is 1. The maximum atomic E-state index is 12.4. The SMILES string of the molecule is N#C/C(=C1/Nc2ccccc2O1)c1ccnc(NCCCC(=O)N2CCN(CCO)CC2)n1. The fourth-order valence-electron chi connectivity index (χ4n) is 3.80. The van der Waals surface area contributed by atoms with Crippen molar-refractivity contribution in [2.24, 2.45) is 0 Å². The summed E-state index contributed by atoms with van der Waals surface area (Å²) in [4.78, 5) is 25.1. The number of aromatic nitrogens is 2. The first kappa shape index (κ1) is 22.5. The van der Waals surface area contributed by atoms with Crippen molar-refractivity contribution in [3.8, 4) is 11.8 Å². The Labute approximate surface area is 192 Å². The van der Waals surface area contributed by atoms with Gasteiger partial charge < -0.3 is 25.4 Å². The average molecular weight is 450 g/mol. The number of nitrogens with zero attached hydrogens (tertiary/aromatic N) is 5. The molecule has 3 N–H and O–H groups in total. The molecule has 0 spiro atoms. The van der Waals surface area contributed by atoms with Crippen LogP contribution in [0.15, 0.2) is 42.4 Å². The molecule has 1 saturated heterocycles. The highest BCUT2D eigenvalue weighted by atomic mass is 16.5. The Kier molecular flexibility index (Phi) is 7.34. The number of carbonyl (C=O) groups is 1. The van der Waals surface area contributed by atoms with Gasteiger partial charge in [0.05, 0.1) is 18.0 Å². The molecule has 0 bridgehead atoms. The number of carbonyl (C=O) groups excluding carboxylic acids is 1. The van der Waals surface area contributed by atoms with Crippen molar-refractivity contribution in [1.82, 2.24) is 19.8 Å². The monoisotopic (exact) mass is 449 g/mol. The molecule has 4 rings (SSSR count). The number of aliphatic hydroxyl groups is 1. The fourth-order valence-corrected chi connectivity index (χ4v) is 3.80. The molecule has 2 aliphatic rings. The summed E-state index contributed by atoms with van der Waals surface area (Å²) in [5.74, 6) is 1.53. The summed E-state index contributed by atoms with van der Waals surface area (Å²) in [6.07, 6.45) is 2.67. The molecular weight excluding hydrogens is 422 g/mol. The van der Waals surface area contributed by atoms with Gasteiger partial charge in [0.2, 0.25) is 17.7 Å². The zero-order valence-corrected chi connectivity index (χ0v) is 18.3. The topological polar surface area (TPSA) is 127 Å². The fraction of sp³-hybridized carbons (Fsp3) is 0.391. The van der Waals surface area contributed by atoms with E-state index in [1.54, 1.807) is 12.3 Å². The number of rotatable bonds is 8. The molecule has 0 radical (unpaired) electrons. The van der Waals surface area contributed by atoms with Crippen LogP contribution < -0.4 is 15.4 Å². The highest BCUT2D eigenvalue weighted by Crippen LogP contribution is 2.35. The van der Waals surface area contributed by atoms with Crippen LogP contribution in [0.4, 0.5) is 11.6 Å². The maximum absolute atomic E-state index is 12.4. The number of β-amino-alcohol motifs (C(OH)–C–C–N with tert-alkyl or cyclic N) is 1. The zero-order valence-electron chi connectivity index (χ0n) is 18.3. The van der Waals surface area contributed by atoms with Crippen LogP contribution in [0.25, 0.3) is 5.57 Å². The van der Waals surface area contributed by atoms with Crippen molar-refractivity contribution in [2.75, 3.05) is 56.5 Å². The summed E-state index contributed by atoms with van der Waals surface area (Å²) in [5.41, 5.74) is 1.53. The number of hydrogen-bond acceptors (Lipinski definition) is 9.